The Bertz CT molecular complexity index is 692. The van der Waals surface area contributed by atoms with Crippen molar-refractivity contribution in [3.63, 3.8) is 0 Å². The summed E-state index contributed by atoms with van der Waals surface area (Å²) in [6.45, 7) is 0.696. The van der Waals surface area contributed by atoms with Crippen molar-refractivity contribution in [1.82, 2.24) is 4.98 Å². The second-order valence-electron chi connectivity index (χ2n) is 4.65. The number of para-hydroxylation sites is 1. The lowest BCUT2D eigenvalue weighted by Gasteiger charge is -2.06. The molecule has 0 N–H and O–H groups in total. The van der Waals surface area contributed by atoms with Crippen LogP contribution in [-0.4, -0.2) is 24.5 Å². The topological polar surface area (TPSA) is 31.4 Å². The lowest BCUT2D eigenvalue weighted by molar-refractivity contribution is 0.342. The molecule has 2 aromatic carbocycles. The summed E-state index contributed by atoms with van der Waals surface area (Å²) < 4.78 is 12.1. The maximum absolute atomic E-state index is 5.71. The Morgan fingerprint density at radius 3 is 2.59 bits per heavy atom. The van der Waals surface area contributed by atoms with E-state index in [2.05, 4.69) is 23.2 Å². The van der Waals surface area contributed by atoms with Crippen LogP contribution < -0.4 is 9.47 Å². The molecular weight excluding hydrogens is 314 g/mol. The summed E-state index contributed by atoms with van der Waals surface area (Å²) in [6, 6.07) is 15.9. The average Bonchev–Trinajstić information content (AvgIpc) is 2.98. The number of nitrogens with zero attached hydrogens (tertiary/aromatic N) is 1. The molecule has 0 unspecified atom stereocenters. The zero-order chi connectivity index (χ0) is 15.2. The van der Waals surface area contributed by atoms with Crippen LogP contribution in [0.1, 0.15) is 5.01 Å². The molecule has 3 nitrogen and oxygen atoms in total. The predicted molar refractivity (Wildman–Crippen MR) is 94.3 cm³/mol. The van der Waals surface area contributed by atoms with Crippen molar-refractivity contribution in [3.05, 3.63) is 53.5 Å². The van der Waals surface area contributed by atoms with Crippen LogP contribution in [0.4, 0.5) is 0 Å². The number of ether oxygens (including phenoxy) is 2. The number of thiazole rings is 1. The van der Waals surface area contributed by atoms with Gasteiger partial charge in [-0.25, -0.2) is 4.98 Å². The monoisotopic (exact) mass is 331 g/mol. The highest BCUT2D eigenvalue weighted by Gasteiger charge is 2.03. The minimum atomic E-state index is 0.696. The molecule has 0 saturated heterocycles. The van der Waals surface area contributed by atoms with Gasteiger partial charge in [-0.2, -0.15) is 11.8 Å². The Morgan fingerprint density at radius 1 is 1.05 bits per heavy atom. The molecule has 1 aromatic heterocycles. The number of fused-ring (bicyclic) bond motifs is 1. The Hall–Kier alpha value is -1.72. The van der Waals surface area contributed by atoms with Crippen molar-refractivity contribution in [1.29, 1.82) is 0 Å². The first kappa shape index (κ1) is 15.2. The van der Waals surface area contributed by atoms with Gasteiger partial charge in [0.2, 0.25) is 0 Å². The molecule has 0 aliphatic heterocycles. The van der Waals surface area contributed by atoms with E-state index in [1.165, 1.54) is 9.71 Å². The van der Waals surface area contributed by atoms with Crippen molar-refractivity contribution in [2.45, 2.75) is 5.75 Å². The fourth-order valence-electron chi connectivity index (χ4n) is 2.03. The molecule has 0 atom stereocenters. The van der Waals surface area contributed by atoms with Crippen LogP contribution in [0.25, 0.3) is 10.2 Å². The summed E-state index contributed by atoms with van der Waals surface area (Å²) in [7, 11) is 1.66. The molecule has 0 spiro atoms. The van der Waals surface area contributed by atoms with Crippen LogP contribution in [0.5, 0.6) is 11.5 Å². The van der Waals surface area contributed by atoms with Gasteiger partial charge in [-0.15, -0.1) is 11.3 Å². The first-order chi connectivity index (χ1) is 10.8. The van der Waals surface area contributed by atoms with Gasteiger partial charge in [0.25, 0.3) is 0 Å². The van der Waals surface area contributed by atoms with E-state index in [4.69, 9.17) is 9.47 Å². The third kappa shape index (κ3) is 3.93. The second-order valence-corrected chi connectivity index (χ2v) is 6.87. The summed E-state index contributed by atoms with van der Waals surface area (Å²) >= 11 is 3.62. The zero-order valence-electron chi connectivity index (χ0n) is 12.3. The summed E-state index contributed by atoms with van der Waals surface area (Å²) in [4.78, 5) is 4.63. The van der Waals surface area contributed by atoms with E-state index in [1.54, 1.807) is 18.4 Å². The highest BCUT2D eigenvalue weighted by molar-refractivity contribution is 7.98. The van der Waals surface area contributed by atoms with Crippen LogP contribution in [0.2, 0.25) is 0 Å². The number of hydrogen-bond acceptors (Lipinski definition) is 5. The summed E-state index contributed by atoms with van der Waals surface area (Å²) in [5.41, 5.74) is 1.09. The number of rotatable bonds is 7. The molecule has 5 heteroatoms. The summed E-state index contributed by atoms with van der Waals surface area (Å²) in [5.74, 6) is 3.60. The number of thioether (sulfide) groups is 1. The number of hydrogen-bond donors (Lipinski definition) is 0. The molecule has 0 aliphatic rings. The molecule has 22 heavy (non-hydrogen) atoms. The standard InChI is InChI=1S/C17H17NO2S2/c1-19-13-6-8-14(9-7-13)20-10-11-21-12-17-18-15-4-2-3-5-16(15)22-17/h2-9H,10-12H2,1H3. The summed E-state index contributed by atoms with van der Waals surface area (Å²) in [6.07, 6.45) is 0. The largest absolute Gasteiger partial charge is 0.497 e. The number of benzene rings is 2. The first-order valence-electron chi connectivity index (χ1n) is 7.04. The van der Waals surface area contributed by atoms with E-state index < -0.39 is 0 Å². The fraction of sp³-hybridized carbons (Fsp3) is 0.235. The van der Waals surface area contributed by atoms with Gasteiger partial charge in [-0.3, -0.25) is 0 Å². The van der Waals surface area contributed by atoms with Crippen LogP contribution in [0.15, 0.2) is 48.5 Å². The van der Waals surface area contributed by atoms with E-state index >= 15 is 0 Å². The molecule has 3 rings (SSSR count). The third-order valence-corrected chi connectivity index (χ3v) is 5.27. The van der Waals surface area contributed by atoms with Gasteiger partial charge in [-0.05, 0) is 36.4 Å². The molecule has 0 bridgehead atoms. The van der Waals surface area contributed by atoms with Gasteiger partial charge in [0, 0.05) is 11.5 Å². The van der Waals surface area contributed by atoms with Crippen LogP contribution in [-0.2, 0) is 5.75 Å². The predicted octanol–water partition coefficient (Wildman–Crippen LogP) is 4.62. The highest BCUT2D eigenvalue weighted by atomic mass is 32.2. The van der Waals surface area contributed by atoms with Gasteiger partial charge in [0.15, 0.2) is 0 Å². The van der Waals surface area contributed by atoms with Crippen LogP contribution in [0.3, 0.4) is 0 Å². The van der Waals surface area contributed by atoms with Gasteiger partial charge in [-0.1, -0.05) is 12.1 Å². The number of aromatic nitrogens is 1. The Morgan fingerprint density at radius 2 is 1.82 bits per heavy atom. The van der Waals surface area contributed by atoms with E-state index in [0.717, 1.165) is 28.5 Å². The zero-order valence-corrected chi connectivity index (χ0v) is 14.0. The van der Waals surface area contributed by atoms with E-state index in [0.29, 0.717) is 6.61 Å². The molecule has 0 fully saturated rings. The molecule has 0 radical (unpaired) electrons. The lowest BCUT2D eigenvalue weighted by atomic mass is 10.3. The fourth-order valence-corrected chi connectivity index (χ4v) is 3.86. The summed E-state index contributed by atoms with van der Waals surface area (Å²) in [5, 5.41) is 1.18. The SMILES string of the molecule is COc1ccc(OCCSCc2nc3ccccc3s2)cc1. The molecule has 1 heterocycles. The van der Waals surface area contributed by atoms with Crippen LogP contribution >= 0.6 is 23.1 Å². The Labute approximate surface area is 138 Å². The third-order valence-electron chi connectivity index (χ3n) is 3.12. The molecule has 3 aromatic rings. The average molecular weight is 331 g/mol. The maximum atomic E-state index is 5.71. The Kier molecular flexibility index (Phi) is 5.19. The smallest absolute Gasteiger partial charge is 0.119 e. The molecule has 0 aliphatic carbocycles. The second kappa shape index (κ2) is 7.51. The van der Waals surface area contributed by atoms with Gasteiger partial charge in [0.1, 0.15) is 16.5 Å². The van der Waals surface area contributed by atoms with Crippen molar-refractivity contribution in [2.75, 3.05) is 19.5 Å². The van der Waals surface area contributed by atoms with E-state index in [1.807, 2.05) is 42.1 Å². The minimum absolute atomic E-state index is 0.696. The first-order valence-corrected chi connectivity index (χ1v) is 9.01. The Balaban J connectivity index is 1.41. The minimum Gasteiger partial charge on any atom is -0.497 e. The molecule has 0 saturated carbocycles. The van der Waals surface area contributed by atoms with Gasteiger partial charge < -0.3 is 9.47 Å². The van der Waals surface area contributed by atoms with Crippen molar-refractivity contribution in [3.8, 4) is 11.5 Å². The highest BCUT2D eigenvalue weighted by Crippen LogP contribution is 2.24. The van der Waals surface area contributed by atoms with Gasteiger partial charge >= 0.3 is 0 Å². The van der Waals surface area contributed by atoms with Crippen molar-refractivity contribution < 1.29 is 9.47 Å². The maximum Gasteiger partial charge on any atom is 0.119 e. The van der Waals surface area contributed by atoms with Crippen molar-refractivity contribution >= 4 is 33.3 Å². The van der Waals surface area contributed by atoms with Crippen LogP contribution in [0, 0.1) is 0 Å². The molecule has 114 valence electrons. The lowest BCUT2D eigenvalue weighted by Crippen LogP contribution is -2.00. The quantitative estimate of drug-likeness (QED) is 0.591. The molecular formula is C17H17NO2S2. The normalized spacial score (nSPS) is 10.8. The van der Waals surface area contributed by atoms with E-state index in [9.17, 15) is 0 Å². The van der Waals surface area contributed by atoms with Crippen molar-refractivity contribution in [2.24, 2.45) is 0 Å². The number of methoxy groups -OCH3 is 1. The van der Waals surface area contributed by atoms with E-state index in [-0.39, 0.29) is 0 Å². The molecule has 0 amide bonds. The van der Waals surface area contributed by atoms with Gasteiger partial charge in [0.05, 0.1) is 23.9 Å².